The second-order valence-corrected chi connectivity index (χ2v) is 8.76. The van der Waals surface area contributed by atoms with E-state index in [1.54, 1.807) is 0 Å². The Balaban J connectivity index is 1.97. The van der Waals surface area contributed by atoms with Gasteiger partial charge < -0.3 is 14.7 Å². The van der Waals surface area contributed by atoms with Crippen molar-refractivity contribution in [3.8, 4) is 11.5 Å². The number of aliphatic hydroxyl groups excluding tert-OH is 1. The molecule has 0 aliphatic rings. The third kappa shape index (κ3) is 7.35. The Labute approximate surface area is 228 Å². The minimum absolute atomic E-state index is 0.223. The van der Waals surface area contributed by atoms with Gasteiger partial charge in [0.25, 0.3) is 0 Å². The van der Waals surface area contributed by atoms with Crippen molar-refractivity contribution in [3.63, 3.8) is 0 Å². The molecule has 0 aliphatic carbocycles. The van der Waals surface area contributed by atoms with Gasteiger partial charge in [0.15, 0.2) is 6.10 Å². The zero-order valence-corrected chi connectivity index (χ0v) is 20.5. The highest BCUT2D eigenvalue weighted by molar-refractivity contribution is 5.52. The summed E-state index contributed by atoms with van der Waals surface area (Å²) in [6.45, 7) is -2.11. The maximum Gasteiger partial charge on any atom is 0.460 e. The normalized spacial score (nSPS) is 14.0. The van der Waals surface area contributed by atoms with Crippen LogP contribution in [0.5, 0.6) is 11.5 Å². The van der Waals surface area contributed by atoms with E-state index >= 15 is 0 Å². The van der Waals surface area contributed by atoms with Crippen LogP contribution in [0.25, 0.3) is 0 Å². The summed E-state index contributed by atoms with van der Waals surface area (Å²) in [6, 6.07) is 8.23. The number of hydrogen-bond donors (Lipinski definition) is 1. The molecule has 2 aromatic carbocycles. The van der Waals surface area contributed by atoms with E-state index in [-0.39, 0.29) is 29.3 Å². The Hall–Kier alpha value is -3.76. The second-order valence-electron chi connectivity index (χ2n) is 8.76. The van der Waals surface area contributed by atoms with E-state index in [0.717, 1.165) is 35.4 Å². The molecule has 0 saturated carbocycles. The lowest BCUT2D eigenvalue weighted by molar-refractivity contribution is -0.359. The van der Waals surface area contributed by atoms with Gasteiger partial charge in [0.05, 0.1) is 6.54 Å². The lowest BCUT2D eigenvalue weighted by atomic mass is 9.99. The number of anilines is 1. The Morgan fingerprint density at radius 1 is 0.762 bits per heavy atom. The van der Waals surface area contributed by atoms with Crippen molar-refractivity contribution in [2.45, 2.75) is 43.0 Å². The number of rotatable bonds is 9. The zero-order chi connectivity index (χ0) is 31.7. The maximum atomic E-state index is 14.2. The van der Waals surface area contributed by atoms with Gasteiger partial charge in [-0.15, -0.1) is 0 Å². The second kappa shape index (κ2) is 11.5. The van der Waals surface area contributed by atoms with Crippen molar-refractivity contribution in [2.24, 2.45) is 0 Å². The minimum Gasteiger partial charge on any atom is -0.457 e. The van der Waals surface area contributed by atoms with Gasteiger partial charge in [0, 0.05) is 36.1 Å². The summed E-state index contributed by atoms with van der Waals surface area (Å²) in [5.41, 5.74) is -3.78. The average molecular weight is 624 g/mol. The van der Waals surface area contributed by atoms with E-state index in [1.165, 1.54) is 12.1 Å². The lowest BCUT2D eigenvalue weighted by Crippen LogP contribution is -2.50. The summed E-state index contributed by atoms with van der Waals surface area (Å²) in [5, 5.41) is 9.63. The Bertz CT molecular complexity index is 1370. The summed E-state index contributed by atoms with van der Waals surface area (Å²) < 4.78 is 177. The number of halogens is 13. The average Bonchev–Trinajstić information content (AvgIpc) is 2.87. The molecule has 1 unspecified atom stereocenters. The van der Waals surface area contributed by atoms with E-state index in [2.05, 4.69) is 4.98 Å². The van der Waals surface area contributed by atoms with Gasteiger partial charge in [-0.1, -0.05) is 24.3 Å². The number of alkyl halides is 13. The quantitative estimate of drug-likeness (QED) is 0.245. The molecule has 1 N–H and O–H groups in total. The number of benzene rings is 2. The molecule has 17 heteroatoms. The van der Waals surface area contributed by atoms with Crippen LogP contribution >= 0.6 is 0 Å². The monoisotopic (exact) mass is 624 g/mol. The molecule has 1 heterocycles. The van der Waals surface area contributed by atoms with Gasteiger partial charge in [0.1, 0.15) is 17.2 Å². The topological polar surface area (TPSA) is 45.6 Å². The predicted molar refractivity (Wildman–Crippen MR) is 120 cm³/mol. The summed E-state index contributed by atoms with van der Waals surface area (Å²) in [7, 11) is 0. The largest absolute Gasteiger partial charge is 0.460 e. The third-order valence-electron chi connectivity index (χ3n) is 5.62. The van der Waals surface area contributed by atoms with Gasteiger partial charge in [-0.25, -0.2) is 0 Å². The Kier molecular flexibility index (Phi) is 8.96. The van der Waals surface area contributed by atoms with E-state index in [0.29, 0.717) is 12.1 Å². The highest BCUT2D eigenvalue weighted by Gasteiger charge is 2.73. The summed E-state index contributed by atoms with van der Waals surface area (Å²) in [4.78, 5) is 3.86. The smallest absolute Gasteiger partial charge is 0.457 e. The SMILES string of the molecule is OC(CN(Cc1cccc(C(F)(F)C(F)(F)C(F)(F)F)c1)c1cccc(Oc2ccnc(C(F)(F)F)c2)c1)C(F)(F)F. The van der Waals surface area contributed by atoms with Crippen LogP contribution < -0.4 is 9.64 Å². The first-order chi connectivity index (χ1) is 19.1. The minimum atomic E-state index is -6.63. The molecule has 0 spiro atoms. The molecule has 0 fully saturated rings. The summed E-state index contributed by atoms with van der Waals surface area (Å²) in [5.74, 6) is -12.9. The standard InChI is InChI=1S/C25H17F13N2O2/c26-21(27,24(34,35)25(36,37)38)15-4-1-3-14(9-15)12-40(13-20(41)23(31,32)33)16-5-2-6-17(10-16)42-18-7-8-39-19(11-18)22(28,29)30/h1-11,20,41H,12-13H2. The van der Waals surface area contributed by atoms with Gasteiger partial charge in [-0.05, 0) is 29.8 Å². The molecule has 0 aliphatic heterocycles. The Morgan fingerprint density at radius 3 is 1.98 bits per heavy atom. The first-order valence-corrected chi connectivity index (χ1v) is 11.4. The number of nitrogens with zero attached hydrogens (tertiary/aromatic N) is 2. The number of pyridine rings is 1. The fourth-order valence-corrected chi connectivity index (χ4v) is 3.53. The van der Waals surface area contributed by atoms with Crippen molar-refractivity contribution in [1.82, 2.24) is 4.98 Å². The van der Waals surface area contributed by atoms with Crippen molar-refractivity contribution < 1.29 is 66.9 Å². The molecule has 4 nitrogen and oxygen atoms in total. The fourth-order valence-electron chi connectivity index (χ4n) is 3.53. The number of ether oxygens (including phenoxy) is 1. The maximum absolute atomic E-state index is 14.2. The Morgan fingerprint density at radius 2 is 1.38 bits per heavy atom. The molecule has 1 aromatic heterocycles. The summed E-state index contributed by atoms with van der Waals surface area (Å²) in [6.07, 6.45) is -18.9. The number of aliphatic hydroxyl groups is 1. The van der Waals surface area contributed by atoms with Crippen LogP contribution in [-0.4, -0.2) is 41.0 Å². The van der Waals surface area contributed by atoms with Crippen molar-refractivity contribution in [2.75, 3.05) is 11.4 Å². The van der Waals surface area contributed by atoms with Crippen LogP contribution in [0.2, 0.25) is 0 Å². The molecule has 42 heavy (non-hydrogen) atoms. The molecular weight excluding hydrogens is 607 g/mol. The highest BCUT2D eigenvalue weighted by Crippen LogP contribution is 2.51. The number of aromatic nitrogens is 1. The van der Waals surface area contributed by atoms with Crippen LogP contribution in [0.1, 0.15) is 16.8 Å². The van der Waals surface area contributed by atoms with Crippen molar-refractivity contribution >= 4 is 5.69 Å². The molecule has 3 rings (SSSR count). The number of hydrogen-bond acceptors (Lipinski definition) is 4. The van der Waals surface area contributed by atoms with Gasteiger partial charge in [-0.2, -0.15) is 57.1 Å². The van der Waals surface area contributed by atoms with Crippen LogP contribution in [0, 0.1) is 0 Å². The van der Waals surface area contributed by atoms with Crippen LogP contribution in [0.4, 0.5) is 62.8 Å². The van der Waals surface area contributed by atoms with E-state index in [1.807, 2.05) is 0 Å². The molecule has 0 bridgehead atoms. The van der Waals surface area contributed by atoms with E-state index < -0.39 is 66.4 Å². The van der Waals surface area contributed by atoms with Crippen molar-refractivity contribution in [1.29, 1.82) is 0 Å². The van der Waals surface area contributed by atoms with Gasteiger partial charge in [-0.3, -0.25) is 4.98 Å². The molecule has 0 radical (unpaired) electrons. The van der Waals surface area contributed by atoms with Gasteiger partial charge in [0.2, 0.25) is 0 Å². The third-order valence-corrected chi connectivity index (χ3v) is 5.62. The summed E-state index contributed by atoms with van der Waals surface area (Å²) >= 11 is 0. The van der Waals surface area contributed by atoms with Crippen LogP contribution in [0.3, 0.4) is 0 Å². The first kappa shape index (κ1) is 32.8. The van der Waals surface area contributed by atoms with Crippen molar-refractivity contribution in [3.05, 3.63) is 83.7 Å². The van der Waals surface area contributed by atoms with Crippen LogP contribution in [0.15, 0.2) is 66.9 Å². The highest BCUT2D eigenvalue weighted by atomic mass is 19.4. The molecule has 0 saturated heterocycles. The van der Waals surface area contributed by atoms with Crippen LogP contribution in [-0.2, 0) is 18.6 Å². The van der Waals surface area contributed by atoms with E-state index in [9.17, 15) is 62.2 Å². The zero-order valence-electron chi connectivity index (χ0n) is 20.5. The molecule has 0 amide bonds. The van der Waals surface area contributed by atoms with Gasteiger partial charge >= 0.3 is 30.4 Å². The first-order valence-electron chi connectivity index (χ1n) is 11.4. The molecule has 230 valence electrons. The lowest BCUT2D eigenvalue weighted by Gasteiger charge is -2.30. The van der Waals surface area contributed by atoms with E-state index in [4.69, 9.17) is 4.74 Å². The fraction of sp³-hybridized carbons (Fsp3) is 0.320. The molecule has 1 atom stereocenters. The molecular formula is C25H17F13N2O2. The predicted octanol–water partition coefficient (Wildman–Crippen LogP) is 8.11. The molecule has 3 aromatic rings.